The summed E-state index contributed by atoms with van der Waals surface area (Å²) in [5.74, 6) is 0.215. The molecular formula is C20H31N3O2. The number of carbonyl (C=O) groups is 2. The lowest BCUT2D eigenvalue weighted by Crippen LogP contribution is -2.47. The Morgan fingerprint density at radius 3 is 2.48 bits per heavy atom. The van der Waals surface area contributed by atoms with Crippen LogP contribution in [-0.2, 0) is 16.1 Å². The average Bonchev–Trinajstić information content (AvgIpc) is 3.03. The van der Waals surface area contributed by atoms with Crippen LogP contribution >= 0.6 is 0 Å². The summed E-state index contributed by atoms with van der Waals surface area (Å²) in [6, 6.07) is 8.17. The van der Waals surface area contributed by atoms with Gasteiger partial charge in [-0.1, -0.05) is 36.8 Å². The van der Waals surface area contributed by atoms with Gasteiger partial charge in [-0.15, -0.1) is 0 Å². The largest absolute Gasteiger partial charge is 0.347 e. The zero-order valence-electron chi connectivity index (χ0n) is 16.0. The summed E-state index contributed by atoms with van der Waals surface area (Å²) >= 11 is 0. The molecule has 2 amide bonds. The molecule has 2 rings (SSSR count). The topological polar surface area (TPSA) is 43.9 Å². The third-order valence-electron chi connectivity index (χ3n) is 4.77. The monoisotopic (exact) mass is 345 g/mol. The van der Waals surface area contributed by atoms with E-state index < -0.39 is 0 Å². The fraction of sp³-hybridized carbons (Fsp3) is 0.600. The van der Waals surface area contributed by atoms with Crippen LogP contribution in [0.2, 0.25) is 0 Å². The molecule has 1 aliphatic rings. The maximum absolute atomic E-state index is 12.9. The van der Waals surface area contributed by atoms with E-state index in [9.17, 15) is 9.59 Å². The molecule has 1 aromatic carbocycles. The fourth-order valence-corrected chi connectivity index (χ4v) is 3.34. The summed E-state index contributed by atoms with van der Waals surface area (Å²) in [4.78, 5) is 30.8. The molecule has 0 radical (unpaired) electrons. The Morgan fingerprint density at radius 2 is 1.88 bits per heavy atom. The molecule has 1 heterocycles. The van der Waals surface area contributed by atoms with Crippen LogP contribution in [0.25, 0.3) is 0 Å². The first kappa shape index (κ1) is 19.4. The number of carbonyl (C=O) groups excluding carboxylic acids is 2. The molecule has 1 aromatic rings. The van der Waals surface area contributed by atoms with Crippen molar-refractivity contribution in [1.82, 2.24) is 14.7 Å². The standard InChI is InChI=1S/C20H31N3O2/c1-5-12-23(14-17-10-8-16(2)9-11-17)19(24)15-22-13-6-7-18(22)20(25)21(3)4/h8-11,18H,5-7,12-15H2,1-4H3. The minimum Gasteiger partial charge on any atom is -0.347 e. The van der Waals surface area contributed by atoms with Gasteiger partial charge in [0.25, 0.3) is 0 Å². The lowest BCUT2D eigenvalue weighted by molar-refractivity contribution is -0.137. The zero-order valence-corrected chi connectivity index (χ0v) is 16.0. The van der Waals surface area contributed by atoms with Gasteiger partial charge >= 0.3 is 0 Å². The van der Waals surface area contributed by atoms with Gasteiger partial charge in [0.2, 0.25) is 11.8 Å². The summed E-state index contributed by atoms with van der Waals surface area (Å²) in [6.45, 7) is 6.67. The number of nitrogens with zero attached hydrogens (tertiary/aromatic N) is 3. The summed E-state index contributed by atoms with van der Waals surface area (Å²) in [5.41, 5.74) is 2.37. The molecule has 1 aliphatic heterocycles. The molecule has 0 saturated carbocycles. The smallest absolute Gasteiger partial charge is 0.239 e. The predicted molar refractivity (Wildman–Crippen MR) is 100 cm³/mol. The van der Waals surface area contributed by atoms with E-state index in [-0.39, 0.29) is 17.9 Å². The first-order chi connectivity index (χ1) is 11.9. The van der Waals surface area contributed by atoms with Crippen LogP contribution in [0.5, 0.6) is 0 Å². The van der Waals surface area contributed by atoms with Crippen molar-refractivity contribution >= 4 is 11.8 Å². The SMILES string of the molecule is CCCN(Cc1ccc(C)cc1)C(=O)CN1CCCC1C(=O)N(C)C. The van der Waals surface area contributed by atoms with E-state index in [1.54, 1.807) is 19.0 Å². The van der Waals surface area contributed by atoms with Gasteiger partial charge in [-0.3, -0.25) is 14.5 Å². The van der Waals surface area contributed by atoms with Crippen molar-refractivity contribution in [3.63, 3.8) is 0 Å². The summed E-state index contributed by atoms with van der Waals surface area (Å²) < 4.78 is 0. The molecule has 0 spiro atoms. The van der Waals surface area contributed by atoms with Crippen molar-refractivity contribution < 1.29 is 9.59 Å². The summed E-state index contributed by atoms with van der Waals surface area (Å²) in [7, 11) is 3.56. The highest BCUT2D eigenvalue weighted by Gasteiger charge is 2.33. The molecule has 1 unspecified atom stereocenters. The molecule has 25 heavy (non-hydrogen) atoms. The molecule has 1 atom stereocenters. The maximum atomic E-state index is 12.9. The Balaban J connectivity index is 2.01. The number of aryl methyl sites for hydroxylation is 1. The number of likely N-dealkylation sites (tertiary alicyclic amines) is 1. The van der Waals surface area contributed by atoms with Gasteiger partial charge in [0.1, 0.15) is 0 Å². The van der Waals surface area contributed by atoms with Crippen molar-refractivity contribution in [2.24, 2.45) is 0 Å². The number of amides is 2. The van der Waals surface area contributed by atoms with Gasteiger partial charge in [0.05, 0.1) is 12.6 Å². The molecule has 0 N–H and O–H groups in total. The molecule has 1 fully saturated rings. The number of hydrogen-bond acceptors (Lipinski definition) is 3. The van der Waals surface area contributed by atoms with Crippen molar-refractivity contribution in [2.75, 3.05) is 33.7 Å². The van der Waals surface area contributed by atoms with E-state index in [0.717, 1.165) is 37.9 Å². The van der Waals surface area contributed by atoms with E-state index in [1.165, 1.54) is 5.56 Å². The van der Waals surface area contributed by atoms with E-state index >= 15 is 0 Å². The van der Waals surface area contributed by atoms with Crippen molar-refractivity contribution in [3.8, 4) is 0 Å². The molecule has 0 aromatic heterocycles. The fourth-order valence-electron chi connectivity index (χ4n) is 3.34. The Morgan fingerprint density at radius 1 is 1.20 bits per heavy atom. The third-order valence-corrected chi connectivity index (χ3v) is 4.77. The van der Waals surface area contributed by atoms with Crippen molar-refractivity contribution in [3.05, 3.63) is 35.4 Å². The lowest BCUT2D eigenvalue weighted by Gasteiger charge is -2.29. The van der Waals surface area contributed by atoms with Crippen LogP contribution in [-0.4, -0.2) is 66.3 Å². The number of rotatable bonds is 7. The lowest BCUT2D eigenvalue weighted by atomic mass is 10.1. The molecule has 5 heteroatoms. The van der Waals surface area contributed by atoms with Crippen LogP contribution in [0.4, 0.5) is 0 Å². The second-order valence-electron chi connectivity index (χ2n) is 7.16. The van der Waals surface area contributed by atoms with E-state index in [4.69, 9.17) is 0 Å². The maximum Gasteiger partial charge on any atom is 0.239 e. The third kappa shape index (κ3) is 5.30. The highest BCUT2D eigenvalue weighted by molar-refractivity contribution is 5.83. The highest BCUT2D eigenvalue weighted by atomic mass is 16.2. The second kappa shape index (κ2) is 8.99. The average molecular weight is 345 g/mol. The van der Waals surface area contributed by atoms with Gasteiger partial charge in [0, 0.05) is 27.2 Å². The first-order valence-corrected chi connectivity index (χ1v) is 9.21. The van der Waals surface area contributed by atoms with Crippen LogP contribution in [0.15, 0.2) is 24.3 Å². The Hall–Kier alpha value is -1.88. The van der Waals surface area contributed by atoms with Crippen LogP contribution < -0.4 is 0 Å². The minimum atomic E-state index is -0.151. The Bertz CT molecular complexity index is 583. The quantitative estimate of drug-likeness (QED) is 0.761. The van der Waals surface area contributed by atoms with E-state index in [0.29, 0.717) is 13.1 Å². The highest BCUT2D eigenvalue weighted by Crippen LogP contribution is 2.19. The van der Waals surface area contributed by atoms with Gasteiger partial charge in [-0.2, -0.15) is 0 Å². The molecule has 138 valence electrons. The van der Waals surface area contributed by atoms with Crippen LogP contribution in [0, 0.1) is 6.92 Å². The number of benzene rings is 1. The minimum absolute atomic E-state index is 0.103. The summed E-state index contributed by atoms with van der Waals surface area (Å²) in [5, 5.41) is 0. The molecule has 5 nitrogen and oxygen atoms in total. The number of likely N-dealkylation sites (N-methyl/N-ethyl adjacent to an activating group) is 1. The normalized spacial score (nSPS) is 17.5. The van der Waals surface area contributed by atoms with Crippen molar-refractivity contribution in [2.45, 2.75) is 45.7 Å². The van der Waals surface area contributed by atoms with E-state index in [2.05, 4.69) is 38.1 Å². The Kier molecular flexibility index (Phi) is 7.00. The van der Waals surface area contributed by atoms with Gasteiger partial charge in [0.15, 0.2) is 0 Å². The number of hydrogen-bond donors (Lipinski definition) is 0. The van der Waals surface area contributed by atoms with Gasteiger partial charge in [-0.25, -0.2) is 0 Å². The van der Waals surface area contributed by atoms with Crippen LogP contribution in [0.1, 0.15) is 37.3 Å². The zero-order chi connectivity index (χ0) is 18.4. The van der Waals surface area contributed by atoms with Gasteiger partial charge in [-0.05, 0) is 38.3 Å². The second-order valence-corrected chi connectivity index (χ2v) is 7.16. The molecule has 0 bridgehead atoms. The van der Waals surface area contributed by atoms with E-state index in [1.807, 2.05) is 9.80 Å². The van der Waals surface area contributed by atoms with Crippen LogP contribution in [0.3, 0.4) is 0 Å². The van der Waals surface area contributed by atoms with Crippen molar-refractivity contribution in [1.29, 1.82) is 0 Å². The molecular weight excluding hydrogens is 314 g/mol. The summed E-state index contributed by atoms with van der Waals surface area (Å²) in [6.07, 6.45) is 2.75. The Labute approximate surface area is 151 Å². The predicted octanol–water partition coefficient (Wildman–Crippen LogP) is 2.29. The molecule has 0 aliphatic carbocycles. The van der Waals surface area contributed by atoms with Gasteiger partial charge < -0.3 is 9.80 Å². The molecule has 1 saturated heterocycles. The first-order valence-electron chi connectivity index (χ1n) is 9.21.